The maximum absolute atomic E-state index is 10.3. The first-order valence-corrected chi connectivity index (χ1v) is 6.08. The molecule has 2 N–H and O–H groups in total. The highest BCUT2D eigenvalue weighted by Gasteiger charge is 2.26. The van der Waals surface area contributed by atoms with Crippen LogP contribution in [0.2, 0.25) is 0 Å². The molecule has 2 aromatic rings. The van der Waals surface area contributed by atoms with E-state index >= 15 is 0 Å². The number of aromatic nitrogens is 1. The van der Waals surface area contributed by atoms with Crippen LogP contribution >= 0.6 is 0 Å². The Hall–Kier alpha value is -1.52. The largest absolute Gasteiger partial charge is 0.463 e. The minimum Gasteiger partial charge on any atom is -0.463 e. The predicted octanol–water partition coefficient (Wildman–Crippen LogP) is 1.92. The predicted molar refractivity (Wildman–Crippen MR) is 70.1 cm³/mol. The highest BCUT2D eigenvalue weighted by Crippen LogP contribution is 2.21. The van der Waals surface area contributed by atoms with Gasteiger partial charge in [-0.1, -0.05) is 0 Å². The van der Waals surface area contributed by atoms with Gasteiger partial charge in [-0.2, -0.15) is 0 Å². The van der Waals surface area contributed by atoms with Crippen molar-refractivity contribution < 1.29 is 9.52 Å². The maximum atomic E-state index is 10.3. The lowest BCUT2D eigenvalue weighted by atomic mass is 10.0. The number of hydrogen-bond acceptors (Lipinski definition) is 3. The van der Waals surface area contributed by atoms with Crippen LogP contribution in [0.15, 0.2) is 35.0 Å². The number of furan rings is 1. The van der Waals surface area contributed by atoms with Crippen molar-refractivity contribution in [3.63, 3.8) is 0 Å². The number of aryl methyl sites for hydroxylation is 2. The number of aliphatic hydroxyl groups is 1. The first kappa shape index (κ1) is 12.9. The number of hydrogen-bond donors (Lipinski definition) is 2. The minimum atomic E-state index is -0.983. The molecule has 2 rings (SSSR count). The molecule has 0 saturated carbocycles. The maximum Gasteiger partial charge on any atom is 0.136 e. The minimum absolute atomic E-state index is 0.453. The smallest absolute Gasteiger partial charge is 0.136 e. The fraction of sp³-hybridized carbons (Fsp3) is 0.429. The van der Waals surface area contributed by atoms with Gasteiger partial charge in [0.25, 0.3) is 0 Å². The molecule has 0 amide bonds. The molecule has 0 spiro atoms. The molecule has 0 radical (unpaired) electrons. The van der Waals surface area contributed by atoms with E-state index in [-0.39, 0.29) is 0 Å². The fourth-order valence-corrected chi connectivity index (χ4v) is 1.93. The Labute approximate surface area is 107 Å². The van der Waals surface area contributed by atoms with Crippen molar-refractivity contribution in [3.05, 3.63) is 47.7 Å². The molecule has 0 aliphatic carbocycles. The van der Waals surface area contributed by atoms with E-state index in [4.69, 9.17) is 4.42 Å². The van der Waals surface area contributed by atoms with Gasteiger partial charge in [0.05, 0.1) is 0 Å². The summed E-state index contributed by atoms with van der Waals surface area (Å²) in [5.41, 5.74) is 0.215. The van der Waals surface area contributed by atoms with Crippen LogP contribution in [0.25, 0.3) is 0 Å². The van der Waals surface area contributed by atoms with Crippen molar-refractivity contribution in [2.75, 3.05) is 6.54 Å². The molecule has 4 heteroatoms. The second-order valence-corrected chi connectivity index (χ2v) is 4.97. The molecule has 1 atom stereocenters. The first-order chi connectivity index (χ1) is 8.47. The lowest BCUT2D eigenvalue weighted by Crippen LogP contribution is -2.34. The van der Waals surface area contributed by atoms with E-state index in [1.165, 1.54) is 5.56 Å². The lowest BCUT2D eigenvalue weighted by molar-refractivity contribution is 0.0333. The van der Waals surface area contributed by atoms with Crippen LogP contribution in [0.4, 0.5) is 0 Å². The van der Waals surface area contributed by atoms with E-state index in [1.807, 2.05) is 36.9 Å². The van der Waals surface area contributed by atoms with Gasteiger partial charge < -0.3 is 19.4 Å². The van der Waals surface area contributed by atoms with Gasteiger partial charge in [-0.25, -0.2) is 0 Å². The van der Waals surface area contributed by atoms with E-state index in [1.54, 1.807) is 6.92 Å². The van der Waals surface area contributed by atoms with Gasteiger partial charge in [0.2, 0.25) is 0 Å². The van der Waals surface area contributed by atoms with Crippen LogP contribution in [0, 0.1) is 6.92 Å². The summed E-state index contributed by atoms with van der Waals surface area (Å²) in [6, 6.07) is 5.74. The molecule has 18 heavy (non-hydrogen) atoms. The molecule has 4 nitrogen and oxygen atoms in total. The standard InChI is InChI=1S/C14H20N2O2/c1-11-4-5-13(18-11)14(2,17)10-15-8-12-6-7-16(3)9-12/h4-7,9,15,17H,8,10H2,1-3H3. The number of nitrogens with one attached hydrogen (secondary N) is 1. The number of rotatable bonds is 5. The van der Waals surface area contributed by atoms with E-state index < -0.39 is 5.60 Å². The van der Waals surface area contributed by atoms with E-state index in [2.05, 4.69) is 17.6 Å². The first-order valence-electron chi connectivity index (χ1n) is 6.08. The third-order valence-electron chi connectivity index (χ3n) is 2.96. The fourth-order valence-electron chi connectivity index (χ4n) is 1.93. The van der Waals surface area contributed by atoms with Gasteiger partial charge in [-0.3, -0.25) is 0 Å². The van der Waals surface area contributed by atoms with Crippen LogP contribution in [0.3, 0.4) is 0 Å². The van der Waals surface area contributed by atoms with E-state index in [9.17, 15) is 5.11 Å². The third kappa shape index (κ3) is 3.03. The normalized spacial score (nSPS) is 14.7. The second kappa shape index (κ2) is 5.00. The number of nitrogens with zero attached hydrogens (tertiary/aromatic N) is 1. The average molecular weight is 248 g/mol. The quantitative estimate of drug-likeness (QED) is 0.850. The van der Waals surface area contributed by atoms with E-state index in [0.717, 1.165) is 12.3 Å². The van der Waals surface area contributed by atoms with Crippen molar-refractivity contribution in [2.45, 2.75) is 26.0 Å². The zero-order chi connectivity index (χ0) is 13.2. The van der Waals surface area contributed by atoms with Crippen LogP contribution in [-0.2, 0) is 19.2 Å². The molecule has 2 heterocycles. The third-order valence-corrected chi connectivity index (χ3v) is 2.96. The monoisotopic (exact) mass is 248 g/mol. The van der Waals surface area contributed by atoms with Crippen molar-refractivity contribution >= 4 is 0 Å². The van der Waals surface area contributed by atoms with Crippen LogP contribution in [-0.4, -0.2) is 16.2 Å². The SMILES string of the molecule is Cc1ccc(C(C)(O)CNCc2ccn(C)c2)o1. The molecule has 0 fully saturated rings. The second-order valence-electron chi connectivity index (χ2n) is 4.97. The van der Waals surface area contributed by atoms with Crippen molar-refractivity contribution in [2.24, 2.45) is 7.05 Å². The molecular weight excluding hydrogens is 228 g/mol. The Morgan fingerprint density at radius 2 is 2.17 bits per heavy atom. The van der Waals surface area contributed by atoms with Crippen LogP contribution in [0.1, 0.15) is 24.0 Å². The van der Waals surface area contributed by atoms with Gasteiger partial charge in [0.1, 0.15) is 17.1 Å². The molecule has 0 saturated heterocycles. The molecular formula is C14H20N2O2. The summed E-state index contributed by atoms with van der Waals surface area (Å²) in [4.78, 5) is 0. The van der Waals surface area contributed by atoms with Crippen LogP contribution < -0.4 is 5.32 Å². The summed E-state index contributed by atoms with van der Waals surface area (Å²) in [5.74, 6) is 1.41. The average Bonchev–Trinajstić information content (AvgIpc) is 2.88. The zero-order valence-electron chi connectivity index (χ0n) is 11.1. The van der Waals surface area contributed by atoms with Crippen LogP contribution in [0.5, 0.6) is 0 Å². The summed E-state index contributed by atoms with van der Waals surface area (Å²) >= 11 is 0. The summed E-state index contributed by atoms with van der Waals surface area (Å²) in [6.07, 6.45) is 4.06. The lowest BCUT2D eigenvalue weighted by Gasteiger charge is -2.21. The van der Waals surface area contributed by atoms with Gasteiger partial charge in [-0.15, -0.1) is 0 Å². The van der Waals surface area contributed by atoms with Crippen molar-refractivity contribution in [1.82, 2.24) is 9.88 Å². The molecule has 0 aromatic carbocycles. The molecule has 98 valence electrons. The molecule has 2 aromatic heterocycles. The van der Waals surface area contributed by atoms with Gasteiger partial charge >= 0.3 is 0 Å². The topological polar surface area (TPSA) is 50.3 Å². The molecule has 0 bridgehead atoms. The van der Waals surface area contributed by atoms with E-state index in [0.29, 0.717) is 12.3 Å². The summed E-state index contributed by atoms with van der Waals surface area (Å²) in [5, 5.41) is 13.6. The Kier molecular flexibility index (Phi) is 3.59. The van der Waals surface area contributed by atoms with Gasteiger partial charge in [0, 0.05) is 32.5 Å². The Morgan fingerprint density at radius 1 is 1.39 bits per heavy atom. The Balaban J connectivity index is 1.89. The van der Waals surface area contributed by atoms with Gasteiger partial charge in [-0.05, 0) is 37.6 Å². The zero-order valence-corrected chi connectivity index (χ0v) is 11.1. The summed E-state index contributed by atoms with van der Waals surface area (Å²) in [6.45, 7) is 4.81. The molecule has 0 aliphatic rings. The Bertz CT molecular complexity index is 511. The molecule has 0 aliphatic heterocycles. The van der Waals surface area contributed by atoms with Crippen molar-refractivity contribution in [3.8, 4) is 0 Å². The summed E-state index contributed by atoms with van der Waals surface area (Å²) < 4.78 is 7.47. The van der Waals surface area contributed by atoms with Gasteiger partial charge in [0.15, 0.2) is 0 Å². The van der Waals surface area contributed by atoms with Crippen molar-refractivity contribution in [1.29, 1.82) is 0 Å². The highest BCUT2D eigenvalue weighted by atomic mass is 16.4. The highest BCUT2D eigenvalue weighted by molar-refractivity contribution is 5.13. The summed E-state index contributed by atoms with van der Waals surface area (Å²) in [7, 11) is 1.99. The molecule has 1 unspecified atom stereocenters. The Morgan fingerprint density at radius 3 is 2.72 bits per heavy atom.